The molecule has 0 saturated carbocycles. The highest BCUT2D eigenvalue weighted by Gasteiger charge is 2.29. The van der Waals surface area contributed by atoms with Crippen LogP contribution in [-0.4, -0.2) is 81.2 Å². The van der Waals surface area contributed by atoms with E-state index in [0.29, 0.717) is 24.2 Å². The van der Waals surface area contributed by atoms with Crippen LogP contribution in [0.15, 0.2) is 53.4 Å². The summed E-state index contributed by atoms with van der Waals surface area (Å²) in [7, 11) is -0.0795. The Bertz CT molecular complexity index is 1070. The average Bonchev–Trinajstić information content (AvgIpc) is 2.77. The van der Waals surface area contributed by atoms with Gasteiger partial charge in [-0.3, -0.25) is 9.59 Å². The lowest BCUT2D eigenvalue weighted by atomic mass is 10.1. The van der Waals surface area contributed by atoms with Crippen LogP contribution in [0.25, 0.3) is 0 Å². The third kappa shape index (κ3) is 5.70. The molecular formula is C22H27FN4O4S. The molecule has 32 heavy (non-hydrogen) atoms. The van der Waals surface area contributed by atoms with Crippen LogP contribution in [0, 0.1) is 5.82 Å². The zero-order valence-corrected chi connectivity index (χ0v) is 18.9. The molecule has 1 fully saturated rings. The fourth-order valence-corrected chi connectivity index (χ4v) is 4.72. The van der Waals surface area contributed by atoms with E-state index in [2.05, 4.69) is 5.32 Å². The first-order chi connectivity index (χ1) is 15.2. The van der Waals surface area contributed by atoms with Gasteiger partial charge in [0.15, 0.2) is 0 Å². The minimum absolute atomic E-state index is 0.0118. The van der Waals surface area contributed by atoms with E-state index in [1.807, 2.05) is 19.0 Å². The number of benzene rings is 2. The molecular weight excluding hydrogens is 435 g/mol. The van der Waals surface area contributed by atoms with Crippen molar-refractivity contribution in [3.63, 3.8) is 0 Å². The van der Waals surface area contributed by atoms with Crippen LogP contribution in [0.4, 0.5) is 4.39 Å². The number of piperazine rings is 1. The molecule has 1 heterocycles. The van der Waals surface area contributed by atoms with Gasteiger partial charge in [0.05, 0.1) is 11.4 Å². The molecule has 1 N–H and O–H groups in total. The van der Waals surface area contributed by atoms with Crippen molar-refractivity contribution in [2.24, 2.45) is 0 Å². The van der Waals surface area contributed by atoms with Gasteiger partial charge in [-0.2, -0.15) is 4.31 Å². The van der Waals surface area contributed by atoms with Crippen molar-refractivity contribution in [1.82, 2.24) is 19.4 Å². The molecule has 0 radical (unpaired) electrons. The van der Waals surface area contributed by atoms with Gasteiger partial charge >= 0.3 is 0 Å². The van der Waals surface area contributed by atoms with Gasteiger partial charge in [-0.1, -0.05) is 18.2 Å². The van der Waals surface area contributed by atoms with Crippen molar-refractivity contribution in [1.29, 1.82) is 0 Å². The molecule has 0 bridgehead atoms. The molecule has 2 aromatic carbocycles. The molecule has 0 aliphatic carbocycles. The largest absolute Gasteiger partial charge is 0.354 e. The fraction of sp³-hybridized carbons (Fsp3) is 0.364. The molecule has 0 aromatic heterocycles. The number of nitrogens with one attached hydrogen (secondary N) is 1. The third-order valence-corrected chi connectivity index (χ3v) is 7.03. The first-order valence-electron chi connectivity index (χ1n) is 10.2. The van der Waals surface area contributed by atoms with Crippen molar-refractivity contribution in [2.45, 2.75) is 11.4 Å². The molecule has 1 aliphatic rings. The predicted octanol–water partition coefficient (Wildman–Crippen LogP) is 1.15. The number of rotatable bonds is 8. The molecule has 1 aliphatic heterocycles. The lowest BCUT2D eigenvalue weighted by molar-refractivity contribution is -0.122. The second-order valence-corrected chi connectivity index (χ2v) is 9.77. The van der Waals surface area contributed by atoms with Gasteiger partial charge in [-0.15, -0.1) is 0 Å². The summed E-state index contributed by atoms with van der Waals surface area (Å²) >= 11 is 0. The Morgan fingerprint density at radius 1 is 1.09 bits per heavy atom. The van der Waals surface area contributed by atoms with E-state index in [1.165, 1.54) is 35.2 Å². The van der Waals surface area contributed by atoms with Crippen molar-refractivity contribution in [3.8, 4) is 0 Å². The van der Waals surface area contributed by atoms with Crippen LogP contribution >= 0.6 is 0 Å². The van der Waals surface area contributed by atoms with Gasteiger partial charge < -0.3 is 15.1 Å². The van der Waals surface area contributed by atoms with Gasteiger partial charge in [0, 0.05) is 43.9 Å². The quantitative estimate of drug-likeness (QED) is 0.636. The number of hydrogen-bond donors (Lipinski definition) is 1. The Labute approximate surface area is 187 Å². The summed E-state index contributed by atoms with van der Waals surface area (Å²) in [6.45, 7) is 1.28. The Kier molecular flexibility index (Phi) is 7.60. The molecule has 0 atom stereocenters. The van der Waals surface area contributed by atoms with Crippen LogP contribution in [-0.2, 0) is 21.4 Å². The van der Waals surface area contributed by atoms with Crippen LogP contribution in [0.1, 0.15) is 15.9 Å². The molecule has 2 amide bonds. The Balaban J connectivity index is 1.80. The highest BCUT2D eigenvalue weighted by molar-refractivity contribution is 7.89. The maximum atomic E-state index is 14.2. The SMILES string of the molecule is CN(C)CCN(Cc1ccccc1F)C(=O)c1ccc(S(=O)(=O)N2CCNC(=O)C2)cc1. The van der Waals surface area contributed by atoms with Crippen LogP contribution in [0.2, 0.25) is 0 Å². The smallest absolute Gasteiger partial charge is 0.254 e. The topological polar surface area (TPSA) is 90.0 Å². The summed E-state index contributed by atoms with van der Waals surface area (Å²) in [5.41, 5.74) is 0.706. The zero-order valence-electron chi connectivity index (χ0n) is 18.1. The second kappa shape index (κ2) is 10.2. The van der Waals surface area contributed by atoms with Crippen LogP contribution < -0.4 is 5.32 Å². The Morgan fingerprint density at radius 2 is 1.78 bits per heavy atom. The number of carbonyl (C=O) groups excluding carboxylic acids is 2. The monoisotopic (exact) mass is 462 g/mol. The maximum absolute atomic E-state index is 14.2. The number of carbonyl (C=O) groups is 2. The summed E-state index contributed by atoms with van der Waals surface area (Å²) in [5, 5.41) is 2.59. The lowest BCUT2D eigenvalue weighted by Crippen LogP contribution is -2.49. The maximum Gasteiger partial charge on any atom is 0.254 e. The number of halogens is 1. The van der Waals surface area contributed by atoms with E-state index in [4.69, 9.17) is 0 Å². The summed E-state index contributed by atoms with van der Waals surface area (Å²) in [5.74, 6) is -1.06. The molecule has 2 aromatic rings. The third-order valence-electron chi connectivity index (χ3n) is 5.17. The number of likely N-dealkylation sites (N-methyl/N-ethyl adjacent to an activating group) is 1. The molecule has 8 nitrogen and oxygen atoms in total. The fourth-order valence-electron chi connectivity index (χ4n) is 3.33. The number of nitrogens with zero attached hydrogens (tertiary/aromatic N) is 3. The standard InChI is InChI=1S/C22H27FN4O4S/c1-25(2)13-14-26(15-18-5-3-4-6-20(18)23)22(29)17-7-9-19(10-8-17)32(30,31)27-12-11-24-21(28)16-27/h3-10H,11-16H2,1-2H3,(H,24,28). The lowest BCUT2D eigenvalue weighted by Gasteiger charge is -2.26. The molecule has 172 valence electrons. The van der Waals surface area contributed by atoms with E-state index in [0.717, 1.165) is 4.31 Å². The normalized spacial score (nSPS) is 14.9. The highest BCUT2D eigenvalue weighted by Crippen LogP contribution is 2.19. The molecule has 10 heteroatoms. The van der Waals surface area contributed by atoms with Crippen molar-refractivity contribution >= 4 is 21.8 Å². The summed E-state index contributed by atoms with van der Waals surface area (Å²) in [4.78, 5) is 28.2. The van der Waals surface area contributed by atoms with Gasteiger partial charge in [0.25, 0.3) is 5.91 Å². The minimum Gasteiger partial charge on any atom is -0.354 e. The van der Waals surface area contributed by atoms with Gasteiger partial charge in [-0.25, -0.2) is 12.8 Å². The second-order valence-electron chi connectivity index (χ2n) is 7.83. The van der Waals surface area contributed by atoms with Gasteiger partial charge in [0.1, 0.15) is 5.82 Å². The van der Waals surface area contributed by atoms with Crippen molar-refractivity contribution in [3.05, 3.63) is 65.5 Å². The molecule has 0 unspecified atom stereocenters. The summed E-state index contributed by atoms with van der Waals surface area (Å²) in [6, 6.07) is 11.9. The van der Waals surface area contributed by atoms with E-state index >= 15 is 0 Å². The van der Waals surface area contributed by atoms with Crippen LogP contribution in [0.5, 0.6) is 0 Å². The van der Waals surface area contributed by atoms with E-state index < -0.39 is 10.0 Å². The molecule has 0 spiro atoms. The first-order valence-corrected chi connectivity index (χ1v) is 11.7. The van der Waals surface area contributed by atoms with Crippen molar-refractivity contribution in [2.75, 3.05) is 46.8 Å². The van der Waals surface area contributed by atoms with E-state index in [9.17, 15) is 22.4 Å². The highest BCUT2D eigenvalue weighted by atomic mass is 32.2. The number of sulfonamides is 1. The zero-order chi connectivity index (χ0) is 23.3. The molecule has 3 rings (SSSR count). The average molecular weight is 463 g/mol. The first kappa shape index (κ1) is 23.8. The van der Waals surface area contributed by atoms with Gasteiger partial charge in [-0.05, 0) is 44.4 Å². The Morgan fingerprint density at radius 3 is 2.41 bits per heavy atom. The number of amides is 2. The van der Waals surface area contributed by atoms with Gasteiger partial charge in [0.2, 0.25) is 15.9 Å². The minimum atomic E-state index is -3.84. The van der Waals surface area contributed by atoms with Crippen LogP contribution in [0.3, 0.4) is 0 Å². The van der Waals surface area contributed by atoms with E-state index in [-0.39, 0.29) is 48.7 Å². The Hall–Kier alpha value is -2.82. The molecule has 1 saturated heterocycles. The number of hydrogen-bond acceptors (Lipinski definition) is 5. The van der Waals surface area contributed by atoms with Crippen molar-refractivity contribution < 1.29 is 22.4 Å². The summed E-state index contributed by atoms with van der Waals surface area (Å²) < 4.78 is 40.9. The summed E-state index contributed by atoms with van der Waals surface area (Å²) in [6.07, 6.45) is 0. The van der Waals surface area contributed by atoms with E-state index in [1.54, 1.807) is 18.2 Å². The predicted molar refractivity (Wildman–Crippen MR) is 118 cm³/mol.